The van der Waals surface area contributed by atoms with Crippen molar-refractivity contribution in [1.29, 1.82) is 0 Å². The zero-order chi connectivity index (χ0) is 24.2. The van der Waals surface area contributed by atoms with Crippen molar-refractivity contribution in [1.82, 2.24) is 15.0 Å². The minimum absolute atomic E-state index is 0.0226. The van der Waals surface area contributed by atoms with Crippen molar-refractivity contribution in [3.8, 4) is 5.69 Å². The second-order valence-corrected chi connectivity index (χ2v) is 9.25. The Balaban J connectivity index is 1.59. The molecule has 0 bridgehead atoms. The Morgan fingerprint density at radius 3 is 2.56 bits per heavy atom. The monoisotopic (exact) mass is 510 g/mol. The van der Waals surface area contributed by atoms with Gasteiger partial charge in [-0.25, -0.2) is 10.4 Å². The number of fused-ring (bicyclic) bond motifs is 1. The van der Waals surface area contributed by atoms with Gasteiger partial charge in [0.2, 0.25) is 0 Å². The maximum atomic E-state index is 13.3. The number of hydrogen-bond donors (Lipinski definition) is 1. The Morgan fingerprint density at radius 2 is 1.79 bits per heavy atom. The maximum Gasteiger partial charge on any atom is 0.266 e. The van der Waals surface area contributed by atoms with E-state index in [1.807, 2.05) is 43.3 Å². The number of rotatable bonds is 6. The van der Waals surface area contributed by atoms with E-state index in [1.54, 1.807) is 41.8 Å². The van der Waals surface area contributed by atoms with Gasteiger partial charge in [-0.05, 0) is 55.3 Å². The molecule has 0 unspecified atom stereocenters. The lowest BCUT2D eigenvalue weighted by Crippen LogP contribution is -2.25. The molecule has 4 aromatic rings. The van der Waals surface area contributed by atoms with Gasteiger partial charge in [0.05, 0.1) is 38.1 Å². The number of nitrogens with zero attached hydrogens (tertiary/aromatic N) is 3. The van der Waals surface area contributed by atoms with Gasteiger partial charge in [-0.2, -0.15) is 5.10 Å². The van der Waals surface area contributed by atoms with E-state index in [0.717, 1.165) is 16.8 Å². The summed E-state index contributed by atoms with van der Waals surface area (Å²) in [7, 11) is 0. The molecule has 172 valence electrons. The number of thioether (sulfide) groups is 1. The van der Waals surface area contributed by atoms with E-state index >= 15 is 0 Å². The Morgan fingerprint density at radius 1 is 1.06 bits per heavy atom. The van der Waals surface area contributed by atoms with Crippen LogP contribution in [0, 0.1) is 6.92 Å². The number of carbonyl (C=O) groups is 1. The van der Waals surface area contributed by atoms with Crippen LogP contribution in [0.1, 0.15) is 18.1 Å². The van der Waals surface area contributed by atoms with Crippen molar-refractivity contribution in [3.63, 3.8) is 0 Å². The highest BCUT2D eigenvalue weighted by molar-refractivity contribution is 7.99. The maximum absolute atomic E-state index is 13.3. The number of benzene rings is 3. The largest absolute Gasteiger partial charge is 0.272 e. The van der Waals surface area contributed by atoms with E-state index in [0.29, 0.717) is 31.8 Å². The molecule has 0 aliphatic rings. The number of aryl methyl sites for hydroxylation is 1. The summed E-state index contributed by atoms with van der Waals surface area (Å²) in [6, 6.07) is 19.9. The van der Waals surface area contributed by atoms with Crippen LogP contribution in [0.5, 0.6) is 0 Å². The van der Waals surface area contributed by atoms with Gasteiger partial charge in [0.25, 0.3) is 11.5 Å². The summed E-state index contributed by atoms with van der Waals surface area (Å²) in [5.41, 5.74) is 5.91. The Bertz CT molecular complexity index is 1480. The molecule has 0 aliphatic heterocycles. The predicted molar refractivity (Wildman–Crippen MR) is 140 cm³/mol. The first-order valence-corrected chi connectivity index (χ1v) is 12.1. The fourth-order valence-electron chi connectivity index (χ4n) is 3.33. The van der Waals surface area contributed by atoms with Gasteiger partial charge in [0.1, 0.15) is 0 Å². The molecule has 0 fully saturated rings. The van der Waals surface area contributed by atoms with Crippen LogP contribution in [0.15, 0.2) is 81.8 Å². The van der Waals surface area contributed by atoms with Crippen LogP contribution >= 0.6 is 35.0 Å². The van der Waals surface area contributed by atoms with Crippen LogP contribution in [0.4, 0.5) is 0 Å². The van der Waals surface area contributed by atoms with Crippen LogP contribution in [0.25, 0.3) is 16.6 Å². The third-order valence-corrected chi connectivity index (χ3v) is 6.80. The quantitative estimate of drug-likeness (QED) is 0.158. The van der Waals surface area contributed by atoms with Crippen LogP contribution in [0.2, 0.25) is 10.0 Å². The van der Waals surface area contributed by atoms with E-state index in [-0.39, 0.29) is 17.2 Å². The number of halogens is 2. The number of aromatic nitrogens is 2. The van der Waals surface area contributed by atoms with Crippen molar-refractivity contribution < 1.29 is 4.79 Å². The van der Waals surface area contributed by atoms with Crippen molar-refractivity contribution in [2.24, 2.45) is 5.10 Å². The molecule has 0 aliphatic carbocycles. The molecule has 0 saturated carbocycles. The van der Waals surface area contributed by atoms with Crippen LogP contribution in [0.3, 0.4) is 0 Å². The summed E-state index contributed by atoms with van der Waals surface area (Å²) >= 11 is 13.2. The molecule has 1 amide bonds. The van der Waals surface area contributed by atoms with Crippen LogP contribution in [-0.4, -0.2) is 26.9 Å². The van der Waals surface area contributed by atoms with Gasteiger partial charge in [0.15, 0.2) is 5.16 Å². The lowest BCUT2D eigenvalue weighted by molar-refractivity contribution is -0.118. The third-order valence-electron chi connectivity index (χ3n) is 5.12. The number of hydrazone groups is 1. The lowest BCUT2D eigenvalue weighted by atomic mass is 10.1. The summed E-state index contributed by atoms with van der Waals surface area (Å²) in [6.07, 6.45) is 0. The minimum Gasteiger partial charge on any atom is -0.272 e. The number of nitrogens with one attached hydrogen (secondary N) is 1. The molecule has 34 heavy (non-hydrogen) atoms. The molecule has 1 heterocycles. The normalized spacial score (nSPS) is 11.6. The topological polar surface area (TPSA) is 76.3 Å². The zero-order valence-corrected chi connectivity index (χ0v) is 20.7. The van der Waals surface area contributed by atoms with E-state index < -0.39 is 0 Å². The Hall–Kier alpha value is -3.13. The van der Waals surface area contributed by atoms with Gasteiger partial charge in [-0.15, -0.1) is 0 Å². The summed E-state index contributed by atoms with van der Waals surface area (Å²) in [5, 5.41) is 5.95. The Kier molecular flexibility index (Phi) is 7.36. The third kappa shape index (κ3) is 5.17. The Labute approximate surface area is 210 Å². The average molecular weight is 511 g/mol. The molecule has 3 aromatic carbocycles. The van der Waals surface area contributed by atoms with Gasteiger partial charge < -0.3 is 0 Å². The van der Waals surface area contributed by atoms with Gasteiger partial charge in [-0.1, -0.05) is 71.4 Å². The summed E-state index contributed by atoms with van der Waals surface area (Å²) in [6.45, 7) is 3.69. The predicted octanol–water partition coefficient (Wildman–Crippen LogP) is 5.63. The second-order valence-electron chi connectivity index (χ2n) is 7.49. The van der Waals surface area contributed by atoms with Crippen molar-refractivity contribution in [2.45, 2.75) is 19.0 Å². The summed E-state index contributed by atoms with van der Waals surface area (Å²) < 4.78 is 1.56. The highest BCUT2D eigenvalue weighted by Gasteiger charge is 2.16. The number of carbonyl (C=O) groups excluding carboxylic acids is 1. The van der Waals surface area contributed by atoms with Crippen LogP contribution < -0.4 is 11.0 Å². The molecule has 0 atom stereocenters. The van der Waals surface area contributed by atoms with E-state index in [9.17, 15) is 9.59 Å². The smallest absolute Gasteiger partial charge is 0.266 e. The van der Waals surface area contributed by atoms with Crippen molar-refractivity contribution in [2.75, 3.05) is 5.75 Å². The van der Waals surface area contributed by atoms with E-state index in [1.165, 1.54) is 11.8 Å². The number of para-hydroxylation sites is 2. The molecule has 0 saturated heterocycles. The fourth-order valence-corrected chi connectivity index (χ4v) is 4.43. The van der Waals surface area contributed by atoms with Gasteiger partial charge >= 0.3 is 0 Å². The van der Waals surface area contributed by atoms with E-state index in [2.05, 4.69) is 15.5 Å². The summed E-state index contributed by atoms with van der Waals surface area (Å²) in [4.78, 5) is 30.5. The molecule has 6 nitrogen and oxygen atoms in total. The van der Waals surface area contributed by atoms with Gasteiger partial charge in [-0.3, -0.25) is 14.2 Å². The van der Waals surface area contributed by atoms with Gasteiger partial charge in [0, 0.05) is 0 Å². The SMILES string of the molecule is C/C(=N\NC(=O)CSc1nc2ccccc2c(=O)n1-c1ccccc1C)c1ccc(Cl)c(Cl)c1. The lowest BCUT2D eigenvalue weighted by Gasteiger charge is -2.14. The minimum atomic E-state index is -0.330. The molecular formula is C25H20Cl2N4O2S. The molecular weight excluding hydrogens is 491 g/mol. The molecule has 0 radical (unpaired) electrons. The fraction of sp³-hybridized carbons (Fsp3) is 0.120. The second kappa shape index (κ2) is 10.4. The first-order chi connectivity index (χ1) is 16.3. The highest BCUT2D eigenvalue weighted by atomic mass is 35.5. The zero-order valence-electron chi connectivity index (χ0n) is 18.4. The molecule has 9 heteroatoms. The molecule has 1 aromatic heterocycles. The highest BCUT2D eigenvalue weighted by Crippen LogP contribution is 2.24. The van der Waals surface area contributed by atoms with Crippen molar-refractivity contribution in [3.05, 3.63) is 98.3 Å². The first-order valence-electron chi connectivity index (χ1n) is 10.3. The summed E-state index contributed by atoms with van der Waals surface area (Å²) in [5.74, 6) is -0.308. The molecule has 4 rings (SSSR count). The first kappa shape index (κ1) is 24.0. The molecule has 0 spiro atoms. The average Bonchev–Trinajstić information content (AvgIpc) is 2.84. The molecule has 1 N–H and O–H groups in total. The van der Waals surface area contributed by atoms with E-state index in [4.69, 9.17) is 23.2 Å². The number of amides is 1. The van der Waals surface area contributed by atoms with Crippen molar-refractivity contribution >= 4 is 57.5 Å². The standard InChI is InChI=1S/C25H20Cl2N4O2S/c1-15-7-3-6-10-22(15)31-24(33)18-8-4-5-9-21(18)28-25(31)34-14-23(32)30-29-16(2)17-11-12-19(26)20(27)13-17/h3-13H,14H2,1-2H3,(H,30,32)/b29-16+. The van der Waals surface area contributed by atoms with Crippen LogP contribution in [-0.2, 0) is 4.79 Å². The number of hydrogen-bond acceptors (Lipinski definition) is 5.